The fourth-order valence-electron chi connectivity index (χ4n) is 1.72. The topological polar surface area (TPSA) is 50.7 Å². The molecule has 0 atom stereocenters. The number of hydrogen-bond acceptors (Lipinski definition) is 3. The largest absolute Gasteiger partial charge is 0.354 e. The van der Waals surface area contributed by atoms with Crippen LogP contribution in [0.1, 0.15) is 17.0 Å². The first-order valence-corrected chi connectivity index (χ1v) is 6.85. The molecule has 0 aromatic carbocycles. The van der Waals surface area contributed by atoms with Crippen molar-refractivity contribution in [2.45, 2.75) is 24.6 Å². The standard InChI is InChI=1S/C12H14ClN3OS/c1-7-4-9(17)5-11(14-7)18-6-10-8(2)15-16(3)12(10)13/h4-5H,6H2,1-3H3,(H,14,17). The van der Waals surface area contributed by atoms with E-state index in [9.17, 15) is 4.79 Å². The molecule has 0 saturated carbocycles. The van der Waals surface area contributed by atoms with Gasteiger partial charge in [-0.25, -0.2) is 0 Å². The van der Waals surface area contributed by atoms with Gasteiger partial charge in [-0.05, 0) is 13.8 Å². The lowest BCUT2D eigenvalue weighted by Crippen LogP contribution is -2.01. The summed E-state index contributed by atoms with van der Waals surface area (Å²) in [5.74, 6) is 0.692. The summed E-state index contributed by atoms with van der Waals surface area (Å²) in [5.41, 5.74) is 2.80. The molecule has 2 aromatic heterocycles. The van der Waals surface area contributed by atoms with E-state index >= 15 is 0 Å². The summed E-state index contributed by atoms with van der Waals surface area (Å²) in [7, 11) is 1.82. The summed E-state index contributed by atoms with van der Waals surface area (Å²) in [4.78, 5) is 14.5. The van der Waals surface area contributed by atoms with Crippen LogP contribution in [0, 0.1) is 13.8 Å². The average Bonchev–Trinajstić information content (AvgIpc) is 2.50. The van der Waals surface area contributed by atoms with Crippen LogP contribution in [0.5, 0.6) is 0 Å². The van der Waals surface area contributed by atoms with Crippen LogP contribution in [-0.4, -0.2) is 14.8 Å². The predicted molar refractivity (Wildman–Crippen MR) is 74.3 cm³/mol. The monoisotopic (exact) mass is 283 g/mol. The highest BCUT2D eigenvalue weighted by Gasteiger charge is 2.11. The maximum Gasteiger partial charge on any atom is 0.182 e. The van der Waals surface area contributed by atoms with Gasteiger partial charge in [0.15, 0.2) is 5.43 Å². The second-order valence-corrected chi connectivity index (χ2v) is 5.51. The normalized spacial score (nSPS) is 10.9. The zero-order chi connectivity index (χ0) is 13.3. The zero-order valence-electron chi connectivity index (χ0n) is 10.5. The van der Waals surface area contributed by atoms with E-state index < -0.39 is 0 Å². The van der Waals surface area contributed by atoms with Crippen molar-refractivity contribution < 1.29 is 0 Å². The third kappa shape index (κ3) is 2.79. The molecule has 0 radical (unpaired) electrons. The van der Waals surface area contributed by atoms with Gasteiger partial charge in [0.2, 0.25) is 0 Å². The van der Waals surface area contributed by atoms with Gasteiger partial charge in [-0.1, -0.05) is 11.6 Å². The molecule has 2 rings (SSSR count). The van der Waals surface area contributed by atoms with Crippen molar-refractivity contribution in [3.05, 3.63) is 44.5 Å². The summed E-state index contributed by atoms with van der Waals surface area (Å²) in [6.07, 6.45) is 0. The van der Waals surface area contributed by atoms with Crippen LogP contribution in [0.25, 0.3) is 0 Å². The number of aromatic nitrogens is 3. The number of hydrogen-bond donors (Lipinski definition) is 1. The summed E-state index contributed by atoms with van der Waals surface area (Å²) in [6.45, 7) is 3.80. The quantitative estimate of drug-likeness (QED) is 0.881. The predicted octanol–water partition coefficient (Wildman–Crippen LogP) is 2.67. The molecule has 2 aromatic rings. The molecule has 6 heteroatoms. The lowest BCUT2D eigenvalue weighted by atomic mass is 10.3. The Hall–Kier alpha value is -1.20. The lowest BCUT2D eigenvalue weighted by molar-refractivity contribution is 0.757. The van der Waals surface area contributed by atoms with Crippen LogP contribution in [-0.2, 0) is 12.8 Å². The molecule has 0 aliphatic heterocycles. The Kier molecular flexibility index (Phi) is 3.82. The van der Waals surface area contributed by atoms with Crippen molar-refractivity contribution in [2.75, 3.05) is 0 Å². The number of halogens is 1. The average molecular weight is 284 g/mol. The second kappa shape index (κ2) is 5.20. The van der Waals surface area contributed by atoms with E-state index in [1.807, 2.05) is 20.9 Å². The number of nitrogens with one attached hydrogen (secondary N) is 1. The number of aryl methyl sites for hydroxylation is 3. The van der Waals surface area contributed by atoms with E-state index in [-0.39, 0.29) is 5.43 Å². The number of thioether (sulfide) groups is 1. The van der Waals surface area contributed by atoms with Crippen LogP contribution < -0.4 is 5.43 Å². The second-order valence-electron chi connectivity index (χ2n) is 4.13. The van der Waals surface area contributed by atoms with Gasteiger partial charge in [-0.3, -0.25) is 9.48 Å². The highest BCUT2D eigenvalue weighted by molar-refractivity contribution is 7.98. The van der Waals surface area contributed by atoms with Crippen molar-refractivity contribution in [1.82, 2.24) is 14.8 Å². The van der Waals surface area contributed by atoms with E-state index in [4.69, 9.17) is 11.6 Å². The molecule has 0 saturated heterocycles. The van der Waals surface area contributed by atoms with Crippen molar-refractivity contribution in [3.8, 4) is 0 Å². The first-order valence-electron chi connectivity index (χ1n) is 5.49. The van der Waals surface area contributed by atoms with Gasteiger partial charge in [0.05, 0.1) is 10.7 Å². The zero-order valence-corrected chi connectivity index (χ0v) is 12.0. The van der Waals surface area contributed by atoms with Crippen molar-refractivity contribution >= 4 is 23.4 Å². The number of nitrogens with zero attached hydrogens (tertiary/aromatic N) is 2. The Morgan fingerprint density at radius 3 is 2.72 bits per heavy atom. The Morgan fingerprint density at radius 1 is 1.44 bits per heavy atom. The Bertz CT molecular complexity index is 633. The Balaban J connectivity index is 2.18. The van der Waals surface area contributed by atoms with Gasteiger partial charge >= 0.3 is 0 Å². The molecule has 0 spiro atoms. The molecule has 0 unspecified atom stereocenters. The van der Waals surface area contributed by atoms with Gasteiger partial charge in [0.1, 0.15) is 5.15 Å². The van der Waals surface area contributed by atoms with Crippen LogP contribution in [0.2, 0.25) is 5.15 Å². The van der Waals surface area contributed by atoms with Gasteiger partial charge in [-0.2, -0.15) is 5.10 Å². The van der Waals surface area contributed by atoms with Crippen molar-refractivity contribution in [2.24, 2.45) is 7.05 Å². The first-order chi connectivity index (χ1) is 8.47. The van der Waals surface area contributed by atoms with Crippen molar-refractivity contribution in [3.63, 3.8) is 0 Å². The minimum atomic E-state index is 0.0164. The molecule has 2 heterocycles. The fourth-order valence-corrected chi connectivity index (χ4v) is 3.11. The Morgan fingerprint density at radius 2 is 2.17 bits per heavy atom. The number of pyridine rings is 1. The van der Waals surface area contributed by atoms with Gasteiger partial charge in [-0.15, -0.1) is 11.8 Å². The van der Waals surface area contributed by atoms with E-state index in [1.165, 1.54) is 0 Å². The molecule has 0 fully saturated rings. The smallest absolute Gasteiger partial charge is 0.182 e. The minimum absolute atomic E-state index is 0.0164. The fraction of sp³-hybridized carbons (Fsp3) is 0.333. The molecule has 1 N–H and O–H groups in total. The molecule has 0 aliphatic rings. The summed E-state index contributed by atoms with van der Waals surface area (Å²) in [5, 5.41) is 5.75. The number of aromatic amines is 1. The molecule has 18 heavy (non-hydrogen) atoms. The molecule has 0 amide bonds. The van der Waals surface area contributed by atoms with E-state index in [0.29, 0.717) is 10.9 Å². The van der Waals surface area contributed by atoms with Gasteiger partial charge < -0.3 is 4.98 Å². The maximum atomic E-state index is 11.4. The SMILES string of the molecule is Cc1cc(=O)cc(SCc2c(C)nn(C)c2Cl)[nH]1. The van der Waals surface area contributed by atoms with Gasteiger partial charge in [0, 0.05) is 36.2 Å². The lowest BCUT2D eigenvalue weighted by Gasteiger charge is -2.03. The highest BCUT2D eigenvalue weighted by Crippen LogP contribution is 2.27. The molecule has 4 nitrogen and oxygen atoms in total. The maximum absolute atomic E-state index is 11.4. The highest BCUT2D eigenvalue weighted by atomic mass is 35.5. The van der Waals surface area contributed by atoms with E-state index in [1.54, 1.807) is 28.6 Å². The van der Waals surface area contributed by atoms with Crippen LogP contribution in [0.3, 0.4) is 0 Å². The van der Waals surface area contributed by atoms with E-state index in [2.05, 4.69) is 10.1 Å². The summed E-state index contributed by atoms with van der Waals surface area (Å²) < 4.78 is 1.66. The van der Waals surface area contributed by atoms with E-state index in [0.717, 1.165) is 22.0 Å². The third-order valence-corrected chi connectivity index (χ3v) is 4.03. The minimum Gasteiger partial charge on any atom is -0.354 e. The van der Waals surface area contributed by atoms with Crippen molar-refractivity contribution in [1.29, 1.82) is 0 Å². The molecule has 0 aliphatic carbocycles. The van der Waals surface area contributed by atoms with Crippen LogP contribution in [0.4, 0.5) is 0 Å². The van der Waals surface area contributed by atoms with Gasteiger partial charge in [0.25, 0.3) is 0 Å². The van der Waals surface area contributed by atoms with Crippen LogP contribution in [0.15, 0.2) is 22.0 Å². The third-order valence-electron chi connectivity index (χ3n) is 2.59. The Labute approximate surface area is 114 Å². The number of H-pyrrole nitrogens is 1. The first kappa shape index (κ1) is 13.2. The molecule has 96 valence electrons. The van der Waals surface area contributed by atoms with Crippen LogP contribution >= 0.6 is 23.4 Å². The summed E-state index contributed by atoms with van der Waals surface area (Å²) >= 11 is 7.71. The number of rotatable bonds is 3. The molecular formula is C12H14ClN3OS. The molecular weight excluding hydrogens is 270 g/mol. The summed E-state index contributed by atoms with van der Waals surface area (Å²) in [6, 6.07) is 3.17. The molecule has 0 bridgehead atoms.